The number of aliphatic carboxylic acids is 1. The third kappa shape index (κ3) is 9.04. The van der Waals surface area contributed by atoms with Gasteiger partial charge in [0.1, 0.15) is 5.75 Å². The Balaban J connectivity index is 0.00000441. The number of carbonyl (C=O) groups is 2. The summed E-state index contributed by atoms with van der Waals surface area (Å²) in [4.78, 5) is 21.9. The first kappa shape index (κ1) is 20.9. The van der Waals surface area contributed by atoms with Crippen molar-refractivity contribution in [1.82, 2.24) is 10.9 Å². The zero-order chi connectivity index (χ0) is 15.5. The molecule has 0 aromatic heterocycles. The molecule has 116 valence electrons. The van der Waals surface area contributed by atoms with E-state index in [1.54, 1.807) is 18.2 Å². The third-order valence-corrected chi connectivity index (χ3v) is 3.03. The molecular formula is C15H21N2NaO4. The fourth-order valence-electron chi connectivity index (χ4n) is 1.89. The molecule has 1 rings (SSSR count). The van der Waals surface area contributed by atoms with Gasteiger partial charge in [0.25, 0.3) is 5.91 Å². The van der Waals surface area contributed by atoms with Crippen LogP contribution in [0.5, 0.6) is 5.75 Å². The Bertz CT molecular complexity index is 469. The van der Waals surface area contributed by atoms with Crippen molar-refractivity contribution in [1.29, 1.82) is 0 Å². The van der Waals surface area contributed by atoms with Crippen LogP contribution in [0.1, 0.15) is 48.9 Å². The van der Waals surface area contributed by atoms with Gasteiger partial charge in [0, 0.05) is 12.5 Å². The van der Waals surface area contributed by atoms with E-state index in [4.69, 9.17) is 0 Å². The number of benzene rings is 1. The molecule has 0 aliphatic carbocycles. The summed E-state index contributed by atoms with van der Waals surface area (Å²) >= 11 is 0. The molecule has 0 fully saturated rings. The molecule has 0 bridgehead atoms. The number of phenolic OH excluding ortho intramolecular Hbond substituents is 1. The molecule has 1 amide bonds. The number of hydrogen-bond donors (Lipinski definition) is 3. The van der Waals surface area contributed by atoms with E-state index in [0.29, 0.717) is 13.0 Å². The average Bonchev–Trinajstić information content (AvgIpc) is 2.45. The summed E-state index contributed by atoms with van der Waals surface area (Å²) in [6.07, 6.45) is 4.45. The number of hydrazine groups is 1. The minimum absolute atomic E-state index is 0. The molecule has 0 atom stereocenters. The molecule has 0 heterocycles. The Labute approximate surface area is 152 Å². The largest absolute Gasteiger partial charge is 1.00 e. The topological polar surface area (TPSA) is 101 Å². The van der Waals surface area contributed by atoms with E-state index in [1.165, 1.54) is 6.07 Å². The molecule has 3 N–H and O–H groups in total. The standard InChI is InChI=1S/C15H22N2O4.Na/c18-13-9-6-5-8-12(13)15(21)17-16-11-7-3-1-2-4-10-14(19)20;/h5-6,8-9,16,18H,1-4,7,10-11H2,(H,17,21)(H,19,20);/q;+1/p-1. The van der Waals surface area contributed by atoms with Crippen molar-refractivity contribution in [2.45, 2.75) is 38.5 Å². The van der Waals surface area contributed by atoms with E-state index < -0.39 is 5.97 Å². The average molecular weight is 316 g/mol. The summed E-state index contributed by atoms with van der Waals surface area (Å²) in [7, 11) is 0. The number of nitrogens with one attached hydrogen (secondary N) is 2. The van der Waals surface area contributed by atoms with Crippen molar-refractivity contribution >= 4 is 11.9 Å². The van der Waals surface area contributed by atoms with Gasteiger partial charge in [0.15, 0.2) is 0 Å². The van der Waals surface area contributed by atoms with E-state index >= 15 is 0 Å². The van der Waals surface area contributed by atoms with Crippen LogP contribution in [0, 0.1) is 0 Å². The van der Waals surface area contributed by atoms with Gasteiger partial charge in [0.05, 0.1) is 5.56 Å². The smallest absolute Gasteiger partial charge is 0.550 e. The number of amides is 1. The number of rotatable bonds is 10. The van der Waals surface area contributed by atoms with Gasteiger partial charge in [-0.05, 0) is 31.4 Å². The zero-order valence-corrected chi connectivity index (χ0v) is 14.9. The second kappa shape index (κ2) is 12.5. The summed E-state index contributed by atoms with van der Waals surface area (Å²) < 4.78 is 0. The van der Waals surface area contributed by atoms with Crippen LogP contribution in [0.15, 0.2) is 24.3 Å². The zero-order valence-electron chi connectivity index (χ0n) is 12.9. The molecule has 0 saturated heterocycles. The molecule has 6 nitrogen and oxygen atoms in total. The van der Waals surface area contributed by atoms with Crippen LogP contribution in [0.4, 0.5) is 0 Å². The first-order chi connectivity index (χ1) is 10.1. The molecule has 0 aliphatic heterocycles. The van der Waals surface area contributed by atoms with Gasteiger partial charge in [-0.1, -0.05) is 31.4 Å². The van der Waals surface area contributed by atoms with E-state index in [-0.39, 0.29) is 53.2 Å². The summed E-state index contributed by atoms with van der Waals surface area (Å²) in [5.41, 5.74) is 5.56. The van der Waals surface area contributed by atoms with E-state index in [2.05, 4.69) is 10.9 Å². The molecule has 0 aliphatic rings. The number of aromatic hydroxyl groups is 1. The van der Waals surface area contributed by atoms with Gasteiger partial charge in [-0.25, -0.2) is 5.43 Å². The second-order valence-corrected chi connectivity index (χ2v) is 4.79. The van der Waals surface area contributed by atoms with Crippen LogP contribution in [0.2, 0.25) is 0 Å². The molecule has 0 unspecified atom stereocenters. The molecule has 0 spiro atoms. The summed E-state index contributed by atoms with van der Waals surface area (Å²) in [5.74, 6) is -1.42. The Hall–Kier alpha value is -1.08. The first-order valence-corrected chi connectivity index (χ1v) is 7.12. The summed E-state index contributed by atoms with van der Waals surface area (Å²) in [5, 5.41) is 19.7. The number of phenols is 1. The Kier molecular flexibility index (Phi) is 11.9. The number of carboxylic acid groups (broad SMARTS) is 1. The second-order valence-electron chi connectivity index (χ2n) is 4.79. The van der Waals surface area contributed by atoms with Gasteiger partial charge in [-0.3, -0.25) is 10.2 Å². The number of para-hydroxylation sites is 1. The maximum atomic E-state index is 11.7. The Morgan fingerprint density at radius 1 is 1.05 bits per heavy atom. The Morgan fingerprint density at radius 3 is 2.36 bits per heavy atom. The van der Waals surface area contributed by atoms with Crippen molar-refractivity contribution < 1.29 is 49.4 Å². The van der Waals surface area contributed by atoms with Crippen LogP contribution < -0.4 is 45.5 Å². The van der Waals surface area contributed by atoms with E-state index in [0.717, 1.165) is 25.7 Å². The third-order valence-electron chi connectivity index (χ3n) is 3.03. The van der Waals surface area contributed by atoms with Crippen LogP contribution in [0.25, 0.3) is 0 Å². The maximum Gasteiger partial charge on any atom is 1.00 e. The van der Waals surface area contributed by atoms with Gasteiger partial charge < -0.3 is 15.0 Å². The monoisotopic (exact) mass is 316 g/mol. The van der Waals surface area contributed by atoms with Crippen molar-refractivity contribution in [2.75, 3.05) is 6.54 Å². The minimum Gasteiger partial charge on any atom is -0.550 e. The van der Waals surface area contributed by atoms with Gasteiger partial charge in [-0.15, -0.1) is 0 Å². The van der Waals surface area contributed by atoms with Gasteiger partial charge >= 0.3 is 29.6 Å². The van der Waals surface area contributed by atoms with Crippen LogP contribution in [-0.4, -0.2) is 23.5 Å². The van der Waals surface area contributed by atoms with Crippen LogP contribution >= 0.6 is 0 Å². The molecule has 22 heavy (non-hydrogen) atoms. The first-order valence-electron chi connectivity index (χ1n) is 7.12. The molecule has 0 saturated carbocycles. The minimum atomic E-state index is -0.997. The van der Waals surface area contributed by atoms with Gasteiger partial charge in [-0.2, -0.15) is 0 Å². The van der Waals surface area contributed by atoms with Crippen molar-refractivity contribution in [3.63, 3.8) is 0 Å². The predicted molar refractivity (Wildman–Crippen MR) is 76.3 cm³/mol. The molecule has 1 aromatic rings. The van der Waals surface area contributed by atoms with Crippen LogP contribution in [-0.2, 0) is 4.79 Å². The maximum absolute atomic E-state index is 11.7. The predicted octanol–water partition coefficient (Wildman–Crippen LogP) is -2.28. The number of hydrogen-bond acceptors (Lipinski definition) is 5. The SMILES string of the molecule is O=C([O-])CCCCCCCNNC(=O)c1ccccc1O.[Na+]. The quantitative estimate of drug-likeness (QED) is 0.256. The molecule has 0 radical (unpaired) electrons. The Morgan fingerprint density at radius 2 is 1.68 bits per heavy atom. The summed E-state index contributed by atoms with van der Waals surface area (Å²) in [6, 6.07) is 6.34. The van der Waals surface area contributed by atoms with E-state index in [1.807, 2.05) is 0 Å². The number of carboxylic acids is 1. The fourth-order valence-corrected chi connectivity index (χ4v) is 1.89. The van der Waals surface area contributed by atoms with Crippen molar-refractivity contribution in [3.05, 3.63) is 29.8 Å². The van der Waals surface area contributed by atoms with Crippen molar-refractivity contribution in [3.8, 4) is 5.75 Å². The normalized spacial score (nSPS) is 9.82. The molecular weight excluding hydrogens is 295 g/mol. The summed E-state index contributed by atoms with van der Waals surface area (Å²) in [6.45, 7) is 0.625. The molecule has 1 aromatic carbocycles. The fraction of sp³-hybridized carbons (Fsp3) is 0.467. The van der Waals surface area contributed by atoms with Crippen molar-refractivity contribution in [2.24, 2.45) is 0 Å². The number of unbranched alkanes of at least 4 members (excludes halogenated alkanes) is 4. The van der Waals surface area contributed by atoms with Crippen LogP contribution in [0.3, 0.4) is 0 Å². The van der Waals surface area contributed by atoms with E-state index in [9.17, 15) is 19.8 Å². The van der Waals surface area contributed by atoms with Gasteiger partial charge in [0.2, 0.25) is 0 Å². The number of carbonyl (C=O) groups excluding carboxylic acids is 2. The molecule has 7 heteroatoms.